The molecule has 0 atom stereocenters. The highest BCUT2D eigenvalue weighted by molar-refractivity contribution is 5.69. The minimum absolute atomic E-state index is 0.189. The van der Waals surface area contributed by atoms with Crippen LogP contribution in [-0.2, 0) is 16.1 Å². The first-order valence-corrected chi connectivity index (χ1v) is 13.1. The van der Waals surface area contributed by atoms with Crippen LogP contribution in [0, 0.1) is 5.92 Å². The van der Waals surface area contributed by atoms with Gasteiger partial charge in [-0.3, -0.25) is 0 Å². The molecule has 1 aromatic carbocycles. The Morgan fingerprint density at radius 2 is 1.62 bits per heavy atom. The van der Waals surface area contributed by atoms with Crippen molar-refractivity contribution in [1.29, 1.82) is 0 Å². The van der Waals surface area contributed by atoms with Crippen molar-refractivity contribution in [3.05, 3.63) is 48.3 Å². The molecule has 2 aliphatic heterocycles. The third-order valence-electron chi connectivity index (χ3n) is 7.31. The van der Waals surface area contributed by atoms with Gasteiger partial charge in [0, 0.05) is 39.3 Å². The van der Waals surface area contributed by atoms with Gasteiger partial charge in [-0.25, -0.2) is 19.6 Å². The number of rotatable bonds is 7. The second-order valence-electron chi connectivity index (χ2n) is 10.3. The summed E-state index contributed by atoms with van der Waals surface area (Å²) in [5, 5.41) is 0. The van der Waals surface area contributed by atoms with E-state index in [1.807, 2.05) is 37.3 Å². The van der Waals surface area contributed by atoms with Crippen LogP contribution in [0.2, 0.25) is 0 Å². The molecule has 0 spiro atoms. The van der Waals surface area contributed by atoms with Gasteiger partial charge < -0.3 is 28.9 Å². The normalized spacial score (nSPS) is 19.3. The first-order valence-electron chi connectivity index (χ1n) is 13.1. The van der Waals surface area contributed by atoms with Crippen molar-refractivity contribution in [2.45, 2.75) is 44.8 Å². The molecule has 3 heterocycles. The van der Waals surface area contributed by atoms with E-state index >= 15 is 0 Å². The molecule has 0 radical (unpaired) electrons. The van der Waals surface area contributed by atoms with Crippen molar-refractivity contribution in [3.8, 4) is 5.88 Å². The zero-order valence-electron chi connectivity index (χ0n) is 21.4. The summed E-state index contributed by atoms with van der Waals surface area (Å²) in [4.78, 5) is 39.2. The number of hydrogen-bond donors (Lipinski definition) is 0. The van der Waals surface area contributed by atoms with Gasteiger partial charge in [0.15, 0.2) is 0 Å². The second kappa shape index (κ2) is 11.2. The summed E-state index contributed by atoms with van der Waals surface area (Å²) in [7, 11) is 0. The van der Waals surface area contributed by atoms with Gasteiger partial charge in [-0.05, 0) is 44.1 Å². The zero-order valence-corrected chi connectivity index (χ0v) is 21.4. The monoisotopic (exact) mass is 509 g/mol. The van der Waals surface area contributed by atoms with Gasteiger partial charge in [0.2, 0.25) is 5.88 Å². The molecule has 0 bridgehead atoms. The van der Waals surface area contributed by atoms with Gasteiger partial charge in [-0.15, -0.1) is 0 Å². The topological polar surface area (TPSA) is 97.3 Å². The van der Waals surface area contributed by atoms with Crippen molar-refractivity contribution in [1.82, 2.24) is 19.8 Å². The third kappa shape index (κ3) is 6.81. The van der Waals surface area contributed by atoms with Gasteiger partial charge in [0.05, 0.1) is 19.0 Å². The van der Waals surface area contributed by atoms with Crippen LogP contribution in [0.1, 0.15) is 38.2 Å². The van der Waals surface area contributed by atoms with E-state index < -0.39 is 0 Å². The van der Waals surface area contributed by atoms with E-state index in [2.05, 4.69) is 14.9 Å². The van der Waals surface area contributed by atoms with Crippen LogP contribution < -0.4 is 9.64 Å². The molecule has 37 heavy (non-hydrogen) atoms. The Morgan fingerprint density at radius 3 is 2.27 bits per heavy atom. The molecule has 3 fully saturated rings. The summed E-state index contributed by atoms with van der Waals surface area (Å²) in [6.45, 7) is 6.67. The average molecular weight is 510 g/mol. The number of anilines is 1. The van der Waals surface area contributed by atoms with Crippen molar-refractivity contribution >= 4 is 18.0 Å². The van der Waals surface area contributed by atoms with E-state index in [9.17, 15) is 9.59 Å². The summed E-state index contributed by atoms with van der Waals surface area (Å²) in [5.41, 5.74) is 0.740. The molecule has 0 N–H and O–H groups in total. The van der Waals surface area contributed by atoms with Crippen molar-refractivity contribution in [2.24, 2.45) is 5.92 Å². The molecule has 10 heteroatoms. The van der Waals surface area contributed by atoms with Crippen LogP contribution in [0.25, 0.3) is 0 Å². The highest BCUT2D eigenvalue weighted by atomic mass is 16.6. The van der Waals surface area contributed by atoms with Crippen LogP contribution in [0.3, 0.4) is 0 Å². The molecule has 198 valence electrons. The number of piperazine rings is 1. The Hall–Kier alpha value is -3.56. The number of hydrogen-bond acceptors (Lipinski definition) is 8. The van der Waals surface area contributed by atoms with Crippen LogP contribution >= 0.6 is 0 Å². The van der Waals surface area contributed by atoms with Gasteiger partial charge in [-0.2, -0.15) is 0 Å². The molecular formula is C27H35N5O5. The van der Waals surface area contributed by atoms with E-state index in [4.69, 9.17) is 14.2 Å². The fraction of sp³-hybridized carbons (Fsp3) is 0.556. The SMILES string of the molecule is CC1(OC(=O)N2CCC(COc3cnc(N4CCN(C(=O)OCc5ccccc5)CC4)cn3)CC2)CC1. The van der Waals surface area contributed by atoms with Gasteiger partial charge in [-0.1, -0.05) is 30.3 Å². The van der Waals surface area contributed by atoms with Crippen molar-refractivity contribution < 1.29 is 23.8 Å². The van der Waals surface area contributed by atoms with Crippen LogP contribution in [-0.4, -0.2) is 83.4 Å². The van der Waals surface area contributed by atoms with Crippen molar-refractivity contribution in [3.63, 3.8) is 0 Å². The fourth-order valence-electron chi connectivity index (χ4n) is 4.51. The fourth-order valence-corrected chi connectivity index (χ4v) is 4.51. The quantitative estimate of drug-likeness (QED) is 0.557. The highest BCUT2D eigenvalue weighted by Gasteiger charge is 2.43. The van der Waals surface area contributed by atoms with E-state index in [-0.39, 0.29) is 24.4 Å². The van der Waals surface area contributed by atoms with Gasteiger partial charge >= 0.3 is 12.2 Å². The summed E-state index contributed by atoms with van der Waals surface area (Å²) in [6, 6.07) is 9.67. The molecule has 2 aromatic rings. The lowest BCUT2D eigenvalue weighted by atomic mass is 9.98. The predicted molar refractivity (Wildman–Crippen MR) is 136 cm³/mol. The Bertz CT molecular complexity index is 1050. The highest BCUT2D eigenvalue weighted by Crippen LogP contribution is 2.39. The maximum atomic E-state index is 12.4. The Labute approximate surface area is 217 Å². The molecule has 0 unspecified atom stereocenters. The molecular weight excluding hydrogens is 474 g/mol. The summed E-state index contributed by atoms with van der Waals surface area (Å²) < 4.78 is 16.9. The average Bonchev–Trinajstić information content (AvgIpc) is 3.68. The molecule has 1 aromatic heterocycles. The standard InChI is InChI=1S/C27H35N5O5/c1-27(9-10-27)37-26(34)31-11-7-22(8-12-31)19-35-24-18-28-23(17-29-24)30-13-15-32(16-14-30)25(33)36-20-21-5-3-2-4-6-21/h2-6,17-18,22H,7-16,19-20H2,1H3. The second-order valence-corrected chi connectivity index (χ2v) is 10.3. The van der Waals surface area contributed by atoms with Gasteiger partial charge in [0.25, 0.3) is 0 Å². The van der Waals surface area contributed by atoms with Crippen molar-refractivity contribution in [2.75, 3.05) is 50.8 Å². The molecule has 1 aliphatic carbocycles. The summed E-state index contributed by atoms with van der Waals surface area (Å²) in [5.74, 6) is 1.63. The number of amides is 2. The zero-order chi connectivity index (χ0) is 25.7. The maximum absolute atomic E-state index is 12.4. The predicted octanol–water partition coefficient (Wildman–Crippen LogP) is 3.72. The van der Waals surface area contributed by atoms with E-state index in [1.165, 1.54) is 0 Å². The largest absolute Gasteiger partial charge is 0.476 e. The van der Waals surface area contributed by atoms with E-state index in [0.717, 1.165) is 37.1 Å². The number of likely N-dealkylation sites (tertiary alicyclic amines) is 1. The summed E-state index contributed by atoms with van der Waals surface area (Å²) >= 11 is 0. The van der Waals surface area contributed by atoms with E-state index in [1.54, 1.807) is 22.2 Å². The van der Waals surface area contributed by atoms with Crippen LogP contribution in [0.15, 0.2) is 42.7 Å². The lowest BCUT2D eigenvalue weighted by molar-refractivity contribution is 0.0454. The Morgan fingerprint density at radius 1 is 0.919 bits per heavy atom. The number of carbonyl (C=O) groups excluding carboxylic acids is 2. The number of nitrogens with zero attached hydrogens (tertiary/aromatic N) is 5. The van der Waals surface area contributed by atoms with Crippen LogP contribution in [0.4, 0.5) is 15.4 Å². The molecule has 2 saturated heterocycles. The molecule has 2 amide bonds. The smallest absolute Gasteiger partial charge is 0.410 e. The number of aromatic nitrogens is 2. The molecule has 3 aliphatic rings. The number of ether oxygens (including phenoxy) is 3. The number of benzene rings is 1. The lowest BCUT2D eigenvalue weighted by Crippen LogP contribution is -2.49. The molecule has 5 rings (SSSR count). The minimum Gasteiger partial charge on any atom is -0.476 e. The molecule has 10 nitrogen and oxygen atoms in total. The number of piperidine rings is 1. The first kappa shape index (κ1) is 25.1. The van der Waals surface area contributed by atoms with E-state index in [0.29, 0.717) is 57.7 Å². The minimum atomic E-state index is -0.293. The Kier molecular flexibility index (Phi) is 7.62. The lowest BCUT2D eigenvalue weighted by Gasteiger charge is -2.34. The van der Waals surface area contributed by atoms with Gasteiger partial charge in [0.1, 0.15) is 18.0 Å². The third-order valence-corrected chi connectivity index (χ3v) is 7.31. The first-order chi connectivity index (χ1) is 18.0. The van der Waals surface area contributed by atoms with Crippen LogP contribution in [0.5, 0.6) is 5.88 Å². The molecule has 1 saturated carbocycles. The maximum Gasteiger partial charge on any atom is 0.410 e. The summed E-state index contributed by atoms with van der Waals surface area (Å²) in [6.07, 6.45) is 6.58. The Balaban J connectivity index is 1.000. The number of carbonyl (C=O) groups is 2.